The fourth-order valence-electron chi connectivity index (χ4n) is 2.49. The van der Waals surface area contributed by atoms with Gasteiger partial charge in [-0.1, -0.05) is 6.92 Å². The lowest BCUT2D eigenvalue weighted by Crippen LogP contribution is -2.33. The molecule has 2 N–H and O–H groups in total. The summed E-state index contributed by atoms with van der Waals surface area (Å²) in [5, 5.41) is 9.13. The summed E-state index contributed by atoms with van der Waals surface area (Å²) < 4.78 is 27.9. The van der Waals surface area contributed by atoms with Gasteiger partial charge in [0.2, 0.25) is 10.0 Å². The Labute approximate surface area is 131 Å². The molecule has 1 aromatic carbocycles. The highest BCUT2D eigenvalue weighted by atomic mass is 32.2. The second kappa shape index (κ2) is 6.66. The van der Waals surface area contributed by atoms with Crippen molar-refractivity contribution in [3.05, 3.63) is 23.8 Å². The first-order chi connectivity index (χ1) is 10.3. The van der Waals surface area contributed by atoms with Gasteiger partial charge in [0.1, 0.15) is 4.90 Å². The van der Waals surface area contributed by atoms with Gasteiger partial charge < -0.3 is 10.0 Å². The Bertz CT molecular complexity index is 652. The third kappa shape index (κ3) is 3.59. The minimum atomic E-state index is -3.75. The van der Waals surface area contributed by atoms with Crippen molar-refractivity contribution < 1.29 is 18.3 Å². The molecule has 1 fully saturated rings. The Morgan fingerprint density at radius 1 is 1.36 bits per heavy atom. The van der Waals surface area contributed by atoms with E-state index in [2.05, 4.69) is 4.72 Å². The normalized spacial score (nSPS) is 16.7. The molecule has 0 aromatic heterocycles. The van der Waals surface area contributed by atoms with E-state index >= 15 is 0 Å². The van der Waals surface area contributed by atoms with Gasteiger partial charge in [0, 0.05) is 19.1 Å². The van der Waals surface area contributed by atoms with Gasteiger partial charge in [0.25, 0.3) is 0 Å². The number of sulfonamides is 1. The van der Waals surface area contributed by atoms with E-state index in [9.17, 15) is 13.2 Å². The van der Waals surface area contributed by atoms with Gasteiger partial charge >= 0.3 is 5.97 Å². The van der Waals surface area contributed by atoms with Crippen LogP contribution in [0.5, 0.6) is 0 Å². The van der Waals surface area contributed by atoms with Crippen LogP contribution in [0.1, 0.15) is 43.5 Å². The lowest BCUT2D eigenvalue weighted by atomic mass is 10.2. The summed E-state index contributed by atoms with van der Waals surface area (Å²) in [5.74, 6) is -1.13. The molecule has 1 aliphatic rings. The van der Waals surface area contributed by atoms with E-state index in [1.165, 1.54) is 12.1 Å². The fraction of sp³-hybridized carbons (Fsp3) is 0.533. The van der Waals surface area contributed by atoms with E-state index in [0.717, 1.165) is 25.9 Å². The second-order valence-corrected chi connectivity index (χ2v) is 7.29. The minimum absolute atomic E-state index is 0.0209. The molecule has 22 heavy (non-hydrogen) atoms. The Hall–Kier alpha value is -1.60. The maximum absolute atomic E-state index is 12.6. The fourth-order valence-corrected chi connectivity index (χ4v) is 4.07. The molecule has 7 heteroatoms. The van der Waals surface area contributed by atoms with E-state index in [-0.39, 0.29) is 16.5 Å². The zero-order valence-electron chi connectivity index (χ0n) is 12.9. The predicted octanol–water partition coefficient (Wildman–Crippen LogP) is 2.06. The molecule has 6 nitrogen and oxygen atoms in total. The first-order valence-corrected chi connectivity index (χ1v) is 8.98. The van der Waals surface area contributed by atoms with Gasteiger partial charge in [-0.3, -0.25) is 0 Å². The average molecular weight is 326 g/mol. The van der Waals surface area contributed by atoms with Gasteiger partial charge in [0.05, 0.1) is 11.3 Å². The highest BCUT2D eigenvalue weighted by Crippen LogP contribution is 2.29. The summed E-state index contributed by atoms with van der Waals surface area (Å²) in [6, 6.07) is 4.10. The van der Waals surface area contributed by atoms with Gasteiger partial charge in [-0.25, -0.2) is 17.9 Å². The number of carboxylic acids is 1. The number of hydrogen-bond acceptors (Lipinski definition) is 4. The maximum atomic E-state index is 12.6. The van der Waals surface area contributed by atoms with Crippen LogP contribution in [0.25, 0.3) is 0 Å². The first-order valence-electron chi connectivity index (χ1n) is 7.49. The van der Waals surface area contributed by atoms with Crippen LogP contribution < -0.4 is 9.62 Å². The molecule has 0 radical (unpaired) electrons. The number of carbonyl (C=O) groups is 1. The zero-order valence-corrected chi connectivity index (χ0v) is 13.7. The molecule has 0 bridgehead atoms. The van der Waals surface area contributed by atoms with Crippen LogP contribution in [-0.2, 0) is 10.0 Å². The maximum Gasteiger partial charge on any atom is 0.335 e. The van der Waals surface area contributed by atoms with Crippen molar-refractivity contribution in [2.75, 3.05) is 18.0 Å². The number of benzene rings is 1. The summed E-state index contributed by atoms with van der Waals surface area (Å²) in [5.41, 5.74) is 0.561. The van der Waals surface area contributed by atoms with Crippen molar-refractivity contribution in [2.45, 2.75) is 44.0 Å². The van der Waals surface area contributed by atoms with Crippen molar-refractivity contribution in [1.82, 2.24) is 4.72 Å². The molecule has 1 heterocycles. The van der Waals surface area contributed by atoms with Crippen molar-refractivity contribution >= 4 is 21.7 Å². The number of rotatable bonds is 6. The highest BCUT2D eigenvalue weighted by molar-refractivity contribution is 7.89. The monoisotopic (exact) mass is 326 g/mol. The largest absolute Gasteiger partial charge is 0.478 e. The smallest absolute Gasteiger partial charge is 0.335 e. The second-order valence-electron chi connectivity index (χ2n) is 5.61. The molecule has 1 aromatic rings. The van der Waals surface area contributed by atoms with E-state index in [1.54, 1.807) is 13.0 Å². The highest BCUT2D eigenvalue weighted by Gasteiger charge is 2.26. The number of carboxylic acid groups (broad SMARTS) is 1. The van der Waals surface area contributed by atoms with Crippen LogP contribution in [0, 0.1) is 0 Å². The molecule has 0 spiro atoms. The van der Waals surface area contributed by atoms with Crippen LogP contribution in [0.2, 0.25) is 0 Å². The van der Waals surface area contributed by atoms with Gasteiger partial charge in [0.15, 0.2) is 0 Å². The molecule has 0 saturated carbocycles. The van der Waals surface area contributed by atoms with Crippen LogP contribution >= 0.6 is 0 Å². The average Bonchev–Trinajstić information content (AvgIpc) is 3.00. The van der Waals surface area contributed by atoms with Crippen LogP contribution in [0.15, 0.2) is 23.1 Å². The molecule has 1 aliphatic heterocycles. The molecule has 0 aliphatic carbocycles. The van der Waals surface area contributed by atoms with Gasteiger partial charge in [-0.15, -0.1) is 0 Å². The van der Waals surface area contributed by atoms with E-state index in [1.807, 2.05) is 11.8 Å². The summed E-state index contributed by atoms with van der Waals surface area (Å²) >= 11 is 0. The third-order valence-corrected chi connectivity index (χ3v) is 5.53. The van der Waals surface area contributed by atoms with E-state index in [4.69, 9.17) is 5.11 Å². The van der Waals surface area contributed by atoms with Crippen LogP contribution in [0.3, 0.4) is 0 Å². The Balaban J connectivity index is 2.49. The standard InChI is InChI=1S/C15H22N2O4S/c1-3-11(2)16-22(20,21)14-10-12(15(18)19)6-7-13(14)17-8-4-5-9-17/h6-7,10-11,16H,3-5,8-9H2,1-2H3,(H,18,19)/t11-/m0/s1. The molecule has 1 atom stereocenters. The van der Waals surface area contributed by atoms with Crippen molar-refractivity contribution in [1.29, 1.82) is 0 Å². The lowest BCUT2D eigenvalue weighted by molar-refractivity contribution is 0.0696. The summed E-state index contributed by atoms with van der Waals surface area (Å²) in [7, 11) is -3.75. The summed E-state index contributed by atoms with van der Waals surface area (Å²) in [6.07, 6.45) is 2.69. The van der Waals surface area contributed by atoms with Gasteiger partial charge in [-0.05, 0) is 44.4 Å². The number of nitrogens with one attached hydrogen (secondary N) is 1. The Kier molecular flexibility index (Phi) is 5.08. The van der Waals surface area contributed by atoms with E-state index in [0.29, 0.717) is 12.1 Å². The van der Waals surface area contributed by atoms with Crippen molar-refractivity contribution in [3.8, 4) is 0 Å². The van der Waals surface area contributed by atoms with Crippen molar-refractivity contribution in [3.63, 3.8) is 0 Å². The molecule has 122 valence electrons. The minimum Gasteiger partial charge on any atom is -0.478 e. The molecular formula is C15H22N2O4S. The summed E-state index contributed by atoms with van der Waals surface area (Å²) in [4.78, 5) is 13.2. The quantitative estimate of drug-likeness (QED) is 0.835. The molecular weight excluding hydrogens is 304 g/mol. The third-order valence-electron chi connectivity index (χ3n) is 3.91. The number of hydrogen-bond donors (Lipinski definition) is 2. The molecule has 0 amide bonds. The van der Waals surface area contributed by atoms with Gasteiger partial charge in [-0.2, -0.15) is 0 Å². The Morgan fingerprint density at radius 3 is 2.55 bits per heavy atom. The van der Waals surface area contributed by atoms with Crippen LogP contribution in [-0.4, -0.2) is 38.6 Å². The number of anilines is 1. The SMILES string of the molecule is CC[C@H](C)NS(=O)(=O)c1cc(C(=O)O)ccc1N1CCCC1. The lowest BCUT2D eigenvalue weighted by Gasteiger charge is -2.22. The molecule has 0 unspecified atom stereocenters. The molecule has 1 saturated heterocycles. The summed E-state index contributed by atoms with van der Waals surface area (Å²) in [6.45, 7) is 5.26. The first kappa shape index (κ1) is 16.8. The predicted molar refractivity (Wildman–Crippen MR) is 84.9 cm³/mol. The topological polar surface area (TPSA) is 86.7 Å². The molecule has 2 rings (SSSR count). The number of aromatic carboxylic acids is 1. The number of nitrogens with zero attached hydrogens (tertiary/aromatic N) is 1. The van der Waals surface area contributed by atoms with Crippen molar-refractivity contribution in [2.24, 2.45) is 0 Å². The Morgan fingerprint density at radius 2 is 2.00 bits per heavy atom. The zero-order chi connectivity index (χ0) is 16.3. The van der Waals surface area contributed by atoms with E-state index < -0.39 is 16.0 Å². The van der Waals surface area contributed by atoms with Crippen LogP contribution in [0.4, 0.5) is 5.69 Å².